The highest BCUT2D eigenvalue weighted by molar-refractivity contribution is 7.99. The second-order valence-corrected chi connectivity index (χ2v) is 5.71. The minimum atomic E-state index is 0.279. The van der Waals surface area contributed by atoms with Gasteiger partial charge < -0.3 is 15.0 Å². The van der Waals surface area contributed by atoms with Gasteiger partial charge in [-0.2, -0.15) is 11.8 Å². The maximum atomic E-state index is 6.12. The van der Waals surface area contributed by atoms with E-state index >= 15 is 0 Å². The molecule has 1 saturated heterocycles. The first-order valence-corrected chi connectivity index (χ1v) is 7.54. The fourth-order valence-electron chi connectivity index (χ4n) is 2.23. The van der Waals surface area contributed by atoms with E-state index in [4.69, 9.17) is 15.0 Å². The summed E-state index contributed by atoms with van der Waals surface area (Å²) in [5.41, 5.74) is 7.52. The Morgan fingerprint density at radius 3 is 2.95 bits per heavy atom. The molecular formula is C14H16N2O2S. The molecule has 0 spiro atoms. The zero-order chi connectivity index (χ0) is 13.1. The highest BCUT2D eigenvalue weighted by Gasteiger charge is 2.18. The fourth-order valence-corrected chi connectivity index (χ4v) is 3.26. The Morgan fingerprint density at radius 1 is 1.32 bits per heavy atom. The van der Waals surface area contributed by atoms with Crippen molar-refractivity contribution >= 4 is 17.6 Å². The Labute approximate surface area is 116 Å². The molecule has 0 aliphatic carbocycles. The van der Waals surface area contributed by atoms with Crippen molar-refractivity contribution in [3.05, 3.63) is 30.5 Å². The maximum absolute atomic E-state index is 6.12. The Bertz CT molecular complexity index is 550. The number of ether oxygens (including phenoxy) is 1. The Hall–Kier alpha value is -1.62. The molecule has 1 aromatic carbocycles. The second kappa shape index (κ2) is 5.57. The van der Waals surface area contributed by atoms with Crippen LogP contribution in [0.25, 0.3) is 11.1 Å². The normalized spacial score (nSPS) is 19.3. The van der Waals surface area contributed by atoms with Crippen LogP contribution in [0, 0.1) is 0 Å². The lowest BCUT2D eigenvalue weighted by Crippen LogP contribution is -2.23. The lowest BCUT2D eigenvalue weighted by atomic mass is 10.1. The first-order valence-electron chi connectivity index (χ1n) is 6.38. The van der Waals surface area contributed by atoms with Gasteiger partial charge in [0.25, 0.3) is 0 Å². The largest absolute Gasteiger partial charge is 0.489 e. The standard InChI is InChI=1S/C14H16N2O2S/c15-14-12(8-16-18-14)11-5-1-2-6-13(11)17-10-4-3-7-19-9-10/h1-2,5-6,8,10H,3-4,7,9,15H2. The number of anilines is 1. The van der Waals surface area contributed by atoms with E-state index in [1.807, 2.05) is 36.0 Å². The third-order valence-electron chi connectivity index (χ3n) is 3.19. The number of para-hydroxylation sites is 1. The molecule has 2 N–H and O–H groups in total. The molecule has 1 unspecified atom stereocenters. The van der Waals surface area contributed by atoms with Crippen molar-refractivity contribution in [1.29, 1.82) is 0 Å². The van der Waals surface area contributed by atoms with Crippen LogP contribution in [0.5, 0.6) is 5.75 Å². The van der Waals surface area contributed by atoms with Crippen molar-refractivity contribution in [2.75, 3.05) is 17.2 Å². The minimum Gasteiger partial charge on any atom is -0.489 e. The van der Waals surface area contributed by atoms with Crippen LogP contribution in [-0.2, 0) is 0 Å². The number of thioether (sulfide) groups is 1. The minimum absolute atomic E-state index is 0.279. The van der Waals surface area contributed by atoms with Crippen molar-refractivity contribution in [3.63, 3.8) is 0 Å². The zero-order valence-electron chi connectivity index (χ0n) is 10.5. The number of nitrogen functional groups attached to an aromatic ring is 1. The third kappa shape index (κ3) is 2.71. The van der Waals surface area contributed by atoms with Gasteiger partial charge in [0.1, 0.15) is 11.9 Å². The van der Waals surface area contributed by atoms with Gasteiger partial charge >= 0.3 is 0 Å². The van der Waals surface area contributed by atoms with E-state index in [1.54, 1.807) is 6.20 Å². The molecule has 1 fully saturated rings. The number of nitrogens with two attached hydrogens (primary N) is 1. The smallest absolute Gasteiger partial charge is 0.230 e. The first kappa shape index (κ1) is 12.4. The summed E-state index contributed by atoms with van der Waals surface area (Å²) in [6, 6.07) is 7.89. The van der Waals surface area contributed by atoms with Gasteiger partial charge in [0.2, 0.25) is 5.88 Å². The number of aromatic nitrogens is 1. The van der Waals surface area contributed by atoms with Crippen LogP contribution in [-0.4, -0.2) is 22.8 Å². The molecule has 1 aliphatic heterocycles. The van der Waals surface area contributed by atoms with E-state index in [-0.39, 0.29) is 6.10 Å². The van der Waals surface area contributed by atoms with Crippen molar-refractivity contribution in [2.24, 2.45) is 0 Å². The van der Waals surface area contributed by atoms with Crippen molar-refractivity contribution in [3.8, 4) is 16.9 Å². The van der Waals surface area contributed by atoms with E-state index < -0.39 is 0 Å². The van der Waals surface area contributed by atoms with Gasteiger partial charge in [-0.05, 0) is 24.7 Å². The van der Waals surface area contributed by atoms with Gasteiger partial charge in [-0.15, -0.1) is 0 Å². The molecule has 100 valence electrons. The molecule has 5 heteroatoms. The predicted molar refractivity (Wildman–Crippen MR) is 77.3 cm³/mol. The summed E-state index contributed by atoms with van der Waals surface area (Å²) in [6.45, 7) is 0. The molecule has 3 rings (SSSR count). The van der Waals surface area contributed by atoms with E-state index in [0.717, 1.165) is 29.1 Å². The highest BCUT2D eigenvalue weighted by atomic mass is 32.2. The van der Waals surface area contributed by atoms with Crippen LogP contribution < -0.4 is 10.5 Å². The average molecular weight is 276 g/mol. The van der Waals surface area contributed by atoms with E-state index in [0.29, 0.717) is 5.88 Å². The Kier molecular flexibility index (Phi) is 3.64. The van der Waals surface area contributed by atoms with Gasteiger partial charge in [-0.25, -0.2) is 0 Å². The molecule has 1 aromatic heterocycles. The highest BCUT2D eigenvalue weighted by Crippen LogP contribution is 2.35. The van der Waals surface area contributed by atoms with E-state index in [2.05, 4.69) is 5.16 Å². The SMILES string of the molecule is Nc1oncc1-c1ccccc1OC1CCCSC1. The van der Waals surface area contributed by atoms with Gasteiger partial charge in [0.15, 0.2) is 0 Å². The summed E-state index contributed by atoms with van der Waals surface area (Å²) in [5.74, 6) is 3.46. The molecule has 0 amide bonds. The first-order chi connectivity index (χ1) is 9.34. The summed E-state index contributed by atoms with van der Waals surface area (Å²) < 4.78 is 11.1. The summed E-state index contributed by atoms with van der Waals surface area (Å²) in [6.07, 6.45) is 4.24. The quantitative estimate of drug-likeness (QED) is 0.932. The summed E-state index contributed by atoms with van der Waals surface area (Å²) >= 11 is 1.95. The van der Waals surface area contributed by atoms with Gasteiger partial charge in [0, 0.05) is 11.3 Å². The van der Waals surface area contributed by atoms with Crippen molar-refractivity contribution in [1.82, 2.24) is 5.16 Å². The molecule has 0 radical (unpaired) electrons. The number of hydrogen-bond acceptors (Lipinski definition) is 5. The van der Waals surface area contributed by atoms with Crippen molar-refractivity contribution in [2.45, 2.75) is 18.9 Å². The average Bonchev–Trinajstić information content (AvgIpc) is 2.87. The third-order valence-corrected chi connectivity index (χ3v) is 4.37. The Balaban J connectivity index is 1.87. The lowest BCUT2D eigenvalue weighted by molar-refractivity contribution is 0.212. The van der Waals surface area contributed by atoms with Crippen molar-refractivity contribution < 1.29 is 9.26 Å². The number of hydrogen-bond donors (Lipinski definition) is 1. The lowest BCUT2D eigenvalue weighted by Gasteiger charge is -2.23. The molecule has 19 heavy (non-hydrogen) atoms. The van der Waals surface area contributed by atoms with Crippen LogP contribution in [0.3, 0.4) is 0 Å². The van der Waals surface area contributed by atoms with Gasteiger partial charge in [-0.3, -0.25) is 0 Å². The van der Waals surface area contributed by atoms with Crippen LogP contribution in [0.2, 0.25) is 0 Å². The summed E-state index contributed by atoms with van der Waals surface area (Å²) in [7, 11) is 0. The molecule has 1 aliphatic rings. The molecule has 1 atom stereocenters. The van der Waals surface area contributed by atoms with Crippen LogP contribution >= 0.6 is 11.8 Å². The molecular weight excluding hydrogens is 260 g/mol. The summed E-state index contributed by atoms with van der Waals surface area (Å²) in [4.78, 5) is 0. The molecule has 0 saturated carbocycles. The fraction of sp³-hybridized carbons (Fsp3) is 0.357. The Morgan fingerprint density at radius 2 is 2.21 bits per heavy atom. The zero-order valence-corrected chi connectivity index (χ0v) is 11.4. The maximum Gasteiger partial charge on any atom is 0.230 e. The monoisotopic (exact) mass is 276 g/mol. The second-order valence-electron chi connectivity index (χ2n) is 4.56. The van der Waals surface area contributed by atoms with E-state index in [1.165, 1.54) is 12.2 Å². The van der Waals surface area contributed by atoms with Crippen LogP contribution in [0.4, 0.5) is 5.88 Å². The molecule has 2 aromatic rings. The van der Waals surface area contributed by atoms with Crippen LogP contribution in [0.15, 0.2) is 35.0 Å². The van der Waals surface area contributed by atoms with E-state index in [9.17, 15) is 0 Å². The van der Waals surface area contributed by atoms with Gasteiger partial charge in [0.05, 0.1) is 11.8 Å². The molecule has 4 nitrogen and oxygen atoms in total. The molecule has 2 heterocycles. The summed E-state index contributed by atoms with van der Waals surface area (Å²) in [5, 5.41) is 3.73. The van der Waals surface area contributed by atoms with Crippen LogP contribution in [0.1, 0.15) is 12.8 Å². The predicted octanol–water partition coefficient (Wildman–Crippen LogP) is 3.20. The topological polar surface area (TPSA) is 61.3 Å². The number of benzene rings is 1. The molecule has 0 bridgehead atoms. The number of rotatable bonds is 3. The van der Waals surface area contributed by atoms with Gasteiger partial charge in [-0.1, -0.05) is 23.4 Å². The number of nitrogens with zero attached hydrogens (tertiary/aromatic N) is 1.